The topological polar surface area (TPSA) is 42.7 Å². The van der Waals surface area contributed by atoms with Crippen molar-refractivity contribution < 1.29 is 0 Å². The number of nitrogens with one attached hydrogen (secondary N) is 1. The van der Waals surface area contributed by atoms with E-state index in [0.29, 0.717) is 0 Å². The third-order valence-corrected chi connectivity index (χ3v) is 5.82. The van der Waals surface area contributed by atoms with Gasteiger partial charge in [0.15, 0.2) is 0 Å². The van der Waals surface area contributed by atoms with Crippen molar-refractivity contribution in [2.45, 2.75) is 25.3 Å². The van der Waals surface area contributed by atoms with Gasteiger partial charge in [0.05, 0.1) is 0 Å². The van der Waals surface area contributed by atoms with Gasteiger partial charge >= 0.3 is 0 Å². The van der Waals surface area contributed by atoms with E-state index in [4.69, 9.17) is 23.2 Å². The predicted molar refractivity (Wildman–Crippen MR) is 114 cm³/mol. The lowest BCUT2D eigenvalue weighted by atomic mass is 9.83. The molecule has 2 heterocycles. The molecule has 4 nitrogen and oxygen atoms in total. The van der Waals surface area contributed by atoms with Gasteiger partial charge in [0.1, 0.15) is 12.4 Å². The molecule has 1 atom stereocenters. The summed E-state index contributed by atoms with van der Waals surface area (Å²) < 4.78 is 1.97. The Kier molecular flexibility index (Phi) is 4.46. The summed E-state index contributed by atoms with van der Waals surface area (Å²) in [5, 5.41) is 9.49. The molecule has 0 amide bonds. The van der Waals surface area contributed by atoms with E-state index >= 15 is 0 Å². The Morgan fingerprint density at radius 2 is 1.68 bits per heavy atom. The molecule has 2 aromatic carbocycles. The van der Waals surface area contributed by atoms with Crippen LogP contribution in [0.5, 0.6) is 0 Å². The summed E-state index contributed by atoms with van der Waals surface area (Å²) in [6.45, 7) is 0. The number of rotatable bonds is 2. The Morgan fingerprint density at radius 1 is 0.964 bits per heavy atom. The Labute approximate surface area is 173 Å². The van der Waals surface area contributed by atoms with Gasteiger partial charge in [0, 0.05) is 15.7 Å². The zero-order chi connectivity index (χ0) is 19.1. The Balaban J connectivity index is 1.63. The van der Waals surface area contributed by atoms with Crippen molar-refractivity contribution in [1.29, 1.82) is 0 Å². The van der Waals surface area contributed by atoms with Crippen LogP contribution in [0, 0.1) is 0 Å². The average Bonchev–Trinajstić information content (AvgIpc) is 3.17. The second kappa shape index (κ2) is 7.12. The molecule has 1 aromatic heterocycles. The normalized spacial score (nSPS) is 19.9. The lowest BCUT2D eigenvalue weighted by molar-refractivity contribution is 0.538. The van der Waals surface area contributed by atoms with E-state index in [0.717, 1.165) is 46.4 Å². The van der Waals surface area contributed by atoms with Crippen LogP contribution in [-0.4, -0.2) is 14.8 Å². The summed E-state index contributed by atoms with van der Waals surface area (Å²) in [7, 11) is 0. The maximum atomic E-state index is 6.11. The molecule has 0 spiro atoms. The van der Waals surface area contributed by atoms with Crippen LogP contribution >= 0.6 is 23.2 Å². The molecule has 28 heavy (non-hydrogen) atoms. The highest BCUT2D eigenvalue weighted by Crippen LogP contribution is 2.43. The lowest BCUT2D eigenvalue weighted by Crippen LogP contribution is -2.28. The Morgan fingerprint density at radius 3 is 2.43 bits per heavy atom. The number of allylic oxidation sites excluding steroid dienone is 2. The number of hydrogen-bond acceptors (Lipinski definition) is 3. The van der Waals surface area contributed by atoms with Crippen LogP contribution in [0.25, 0.3) is 6.08 Å². The van der Waals surface area contributed by atoms with Crippen LogP contribution in [0.4, 0.5) is 5.95 Å². The fourth-order valence-electron chi connectivity index (χ4n) is 4.04. The molecule has 1 N–H and O–H groups in total. The number of hydrogen-bond donors (Lipinski definition) is 1. The minimum Gasteiger partial charge on any atom is -0.324 e. The monoisotopic (exact) mass is 408 g/mol. The molecule has 5 rings (SSSR count). The van der Waals surface area contributed by atoms with Crippen LogP contribution in [0.1, 0.15) is 36.4 Å². The fourth-order valence-corrected chi connectivity index (χ4v) is 4.29. The van der Waals surface area contributed by atoms with Crippen LogP contribution in [-0.2, 0) is 0 Å². The van der Waals surface area contributed by atoms with Crippen molar-refractivity contribution in [2.24, 2.45) is 0 Å². The smallest absolute Gasteiger partial charge is 0.226 e. The molecule has 140 valence electrons. The SMILES string of the molecule is Clc1ccc(C=C2CCCC3=C2Nc2ncnn2C3c2ccc(Cl)cc2)cc1. The zero-order valence-electron chi connectivity index (χ0n) is 15.1. The van der Waals surface area contributed by atoms with E-state index in [1.165, 1.54) is 16.8 Å². The van der Waals surface area contributed by atoms with Crippen LogP contribution in [0.2, 0.25) is 10.0 Å². The number of halogens is 2. The van der Waals surface area contributed by atoms with Crippen molar-refractivity contribution in [3.63, 3.8) is 0 Å². The minimum absolute atomic E-state index is 0.0277. The summed E-state index contributed by atoms with van der Waals surface area (Å²) in [5.41, 5.74) is 6.10. The summed E-state index contributed by atoms with van der Waals surface area (Å²) >= 11 is 12.2. The highest BCUT2D eigenvalue weighted by Gasteiger charge is 2.33. The molecule has 3 aromatic rings. The first-order chi connectivity index (χ1) is 13.7. The van der Waals surface area contributed by atoms with Crippen molar-refractivity contribution in [3.8, 4) is 0 Å². The van der Waals surface area contributed by atoms with Crippen molar-refractivity contribution >= 4 is 35.2 Å². The van der Waals surface area contributed by atoms with Gasteiger partial charge in [-0.15, -0.1) is 0 Å². The van der Waals surface area contributed by atoms with Crippen molar-refractivity contribution in [2.75, 3.05) is 5.32 Å². The summed E-state index contributed by atoms with van der Waals surface area (Å²) in [5.74, 6) is 0.766. The number of anilines is 1. The van der Waals surface area contributed by atoms with E-state index in [1.54, 1.807) is 6.33 Å². The Hall–Kier alpha value is -2.56. The Bertz CT molecular complexity index is 1080. The number of benzene rings is 2. The first kappa shape index (κ1) is 17.5. The van der Waals surface area contributed by atoms with E-state index in [9.17, 15) is 0 Å². The van der Waals surface area contributed by atoms with Crippen LogP contribution in [0.3, 0.4) is 0 Å². The molecule has 0 fully saturated rings. The number of fused-ring (bicyclic) bond motifs is 1. The maximum Gasteiger partial charge on any atom is 0.226 e. The van der Waals surface area contributed by atoms with Crippen molar-refractivity contribution in [3.05, 3.63) is 92.9 Å². The highest BCUT2D eigenvalue weighted by molar-refractivity contribution is 6.30. The number of aromatic nitrogens is 3. The first-order valence-corrected chi connectivity index (χ1v) is 10.1. The van der Waals surface area contributed by atoms with Gasteiger partial charge in [-0.05, 0) is 71.9 Å². The highest BCUT2D eigenvalue weighted by atomic mass is 35.5. The molecule has 1 aliphatic heterocycles. The molecular formula is C22H18Cl2N4. The van der Waals surface area contributed by atoms with Crippen molar-refractivity contribution in [1.82, 2.24) is 14.8 Å². The van der Waals surface area contributed by atoms with Gasteiger partial charge in [-0.3, -0.25) is 0 Å². The molecule has 6 heteroatoms. The van der Waals surface area contributed by atoms with Gasteiger partial charge in [0.2, 0.25) is 5.95 Å². The summed E-state index contributed by atoms with van der Waals surface area (Å²) in [6.07, 6.45) is 6.99. The third-order valence-electron chi connectivity index (χ3n) is 5.32. The van der Waals surface area contributed by atoms with Gasteiger partial charge < -0.3 is 5.32 Å². The summed E-state index contributed by atoms with van der Waals surface area (Å²) in [6, 6.07) is 16.0. The van der Waals surface area contributed by atoms with Gasteiger partial charge in [-0.25, -0.2) is 4.68 Å². The summed E-state index contributed by atoms with van der Waals surface area (Å²) in [4.78, 5) is 4.43. The van der Waals surface area contributed by atoms with E-state index in [-0.39, 0.29) is 6.04 Å². The van der Waals surface area contributed by atoms with E-state index in [2.05, 4.69) is 33.6 Å². The fraction of sp³-hybridized carbons (Fsp3) is 0.182. The molecule has 0 radical (unpaired) electrons. The van der Waals surface area contributed by atoms with Gasteiger partial charge in [-0.1, -0.05) is 47.5 Å². The minimum atomic E-state index is 0.0277. The van der Waals surface area contributed by atoms with Crippen LogP contribution < -0.4 is 5.32 Å². The van der Waals surface area contributed by atoms with Crippen LogP contribution in [0.15, 0.2) is 71.7 Å². The standard InChI is InChI=1S/C22H18Cl2N4/c23-17-8-4-14(5-9-17)12-16-2-1-3-19-20(16)27-22-25-13-26-28(22)21(19)15-6-10-18(24)11-7-15/h4-13,21H,1-3H2,(H,25,26,27). The van der Waals surface area contributed by atoms with E-state index in [1.807, 2.05) is 41.1 Å². The second-order valence-electron chi connectivity index (χ2n) is 7.08. The lowest BCUT2D eigenvalue weighted by Gasteiger charge is -2.34. The molecule has 1 unspecified atom stereocenters. The predicted octanol–water partition coefficient (Wildman–Crippen LogP) is 6.12. The zero-order valence-corrected chi connectivity index (χ0v) is 16.6. The van der Waals surface area contributed by atoms with Gasteiger partial charge in [-0.2, -0.15) is 10.1 Å². The molecule has 0 bridgehead atoms. The van der Waals surface area contributed by atoms with E-state index < -0.39 is 0 Å². The molecule has 0 saturated heterocycles. The largest absolute Gasteiger partial charge is 0.324 e. The molecule has 2 aliphatic rings. The van der Waals surface area contributed by atoms with Gasteiger partial charge in [0.25, 0.3) is 0 Å². The number of nitrogens with zero attached hydrogens (tertiary/aromatic N) is 3. The molecule has 1 aliphatic carbocycles. The maximum absolute atomic E-state index is 6.11. The first-order valence-electron chi connectivity index (χ1n) is 9.30. The second-order valence-corrected chi connectivity index (χ2v) is 7.96. The molecule has 0 saturated carbocycles. The molecular weight excluding hydrogens is 391 g/mol. The quantitative estimate of drug-likeness (QED) is 0.554. The average molecular weight is 409 g/mol. The third kappa shape index (κ3) is 3.13.